The Labute approximate surface area is 133 Å². The average Bonchev–Trinajstić information content (AvgIpc) is 2.49. The number of allylic oxidation sites excluding steroid dienone is 1. The molecule has 0 saturated heterocycles. The van der Waals surface area contributed by atoms with E-state index in [2.05, 4.69) is 19.9 Å². The summed E-state index contributed by atoms with van der Waals surface area (Å²) in [5, 5.41) is 8.82. The Morgan fingerprint density at radius 2 is 2.00 bits per heavy atom. The number of carbonyl (C=O) groups excluding carboxylic acids is 1. The summed E-state index contributed by atoms with van der Waals surface area (Å²) in [5.74, 6) is 0.568. The van der Waals surface area contributed by atoms with Crippen LogP contribution in [0.3, 0.4) is 0 Å². The lowest BCUT2D eigenvalue weighted by molar-refractivity contribution is -0.132. The quantitative estimate of drug-likeness (QED) is 0.774. The fourth-order valence-corrected chi connectivity index (χ4v) is 3.13. The van der Waals surface area contributed by atoms with Gasteiger partial charge in [0, 0.05) is 32.1 Å². The molecule has 0 heterocycles. The smallest absolute Gasteiger partial charge is 0.159 e. The Hall–Kier alpha value is -2.08. The molecule has 0 bridgehead atoms. The minimum atomic E-state index is -0.0636. The molecule has 0 amide bonds. The molecule has 0 radical (unpaired) electrons. The summed E-state index contributed by atoms with van der Waals surface area (Å²) in [6.07, 6.45) is 4.96. The molecule has 116 valence electrons. The maximum atomic E-state index is 12.4. The third-order valence-electron chi connectivity index (χ3n) is 5.00. The van der Waals surface area contributed by atoms with E-state index in [0.717, 1.165) is 17.7 Å². The molecule has 2 rings (SSSR count). The van der Waals surface area contributed by atoms with Crippen molar-refractivity contribution < 1.29 is 4.79 Å². The second-order valence-corrected chi connectivity index (χ2v) is 6.89. The zero-order chi connectivity index (χ0) is 16.3. The lowest BCUT2D eigenvalue weighted by Crippen LogP contribution is -2.48. The molecule has 0 aromatic heterocycles. The Morgan fingerprint density at radius 3 is 2.50 bits per heavy atom. The van der Waals surface area contributed by atoms with Crippen molar-refractivity contribution in [1.29, 1.82) is 5.26 Å². The lowest BCUT2D eigenvalue weighted by Gasteiger charge is -2.50. The van der Waals surface area contributed by atoms with E-state index in [0.29, 0.717) is 12.3 Å². The predicted molar refractivity (Wildman–Crippen MR) is 90.4 cm³/mol. The molecular weight excluding hydrogens is 272 g/mol. The van der Waals surface area contributed by atoms with Gasteiger partial charge in [-0.2, -0.15) is 5.26 Å². The van der Waals surface area contributed by atoms with Crippen LogP contribution in [0.1, 0.15) is 32.3 Å². The Morgan fingerprint density at radius 1 is 1.36 bits per heavy atom. The number of benzene rings is 1. The summed E-state index contributed by atoms with van der Waals surface area (Å²) in [6, 6.07) is 10.3. The van der Waals surface area contributed by atoms with E-state index < -0.39 is 0 Å². The molecule has 2 atom stereocenters. The second-order valence-electron chi connectivity index (χ2n) is 6.89. The minimum Gasteiger partial charge on any atom is -0.378 e. The summed E-state index contributed by atoms with van der Waals surface area (Å²) in [7, 11) is 4.01. The topological polar surface area (TPSA) is 44.1 Å². The van der Waals surface area contributed by atoms with Gasteiger partial charge in [0.2, 0.25) is 0 Å². The highest BCUT2D eigenvalue weighted by atomic mass is 16.1. The highest BCUT2D eigenvalue weighted by Crippen LogP contribution is 2.53. The first kappa shape index (κ1) is 16.3. The van der Waals surface area contributed by atoms with Gasteiger partial charge in [-0.05, 0) is 41.5 Å². The van der Waals surface area contributed by atoms with E-state index >= 15 is 0 Å². The minimum absolute atomic E-state index is 0.0446. The van der Waals surface area contributed by atoms with E-state index in [-0.39, 0.29) is 17.1 Å². The molecule has 0 spiro atoms. The van der Waals surface area contributed by atoms with Crippen LogP contribution in [0.5, 0.6) is 0 Å². The lowest BCUT2D eigenvalue weighted by atomic mass is 9.52. The molecule has 1 aromatic rings. The summed E-state index contributed by atoms with van der Waals surface area (Å²) >= 11 is 0. The van der Waals surface area contributed by atoms with E-state index in [9.17, 15) is 4.79 Å². The van der Waals surface area contributed by atoms with Crippen molar-refractivity contribution in [3.63, 3.8) is 0 Å². The van der Waals surface area contributed by atoms with Crippen LogP contribution in [0.25, 0.3) is 6.08 Å². The number of nitrogens with zero attached hydrogens (tertiary/aromatic N) is 2. The zero-order valence-electron chi connectivity index (χ0n) is 13.8. The van der Waals surface area contributed by atoms with Crippen molar-refractivity contribution >= 4 is 17.5 Å². The van der Waals surface area contributed by atoms with Crippen LogP contribution in [-0.4, -0.2) is 19.9 Å². The summed E-state index contributed by atoms with van der Waals surface area (Å²) in [5.41, 5.74) is 2.11. The molecule has 1 fully saturated rings. The summed E-state index contributed by atoms with van der Waals surface area (Å²) in [4.78, 5) is 14.4. The fraction of sp³-hybridized carbons (Fsp3) is 0.474. The zero-order valence-corrected chi connectivity index (χ0v) is 13.8. The van der Waals surface area contributed by atoms with E-state index in [1.165, 1.54) is 0 Å². The van der Waals surface area contributed by atoms with Gasteiger partial charge in [0.15, 0.2) is 5.78 Å². The predicted octanol–water partition coefficient (Wildman–Crippen LogP) is 3.91. The molecular formula is C19H24N2O. The van der Waals surface area contributed by atoms with Crippen LogP contribution in [0, 0.1) is 28.6 Å². The van der Waals surface area contributed by atoms with Gasteiger partial charge in [-0.25, -0.2) is 0 Å². The second kappa shape index (κ2) is 6.36. The van der Waals surface area contributed by atoms with Crippen LogP contribution in [0.15, 0.2) is 30.3 Å². The van der Waals surface area contributed by atoms with Crippen molar-refractivity contribution in [1.82, 2.24) is 0 Å². The summed E-state index contributed by atoms with van der Waals surface area (Å²) in [6.45, 7) is 4.20. The number of hydrogen-bond acceptors (Lipinski definition) is 3. The number of rotatable bonds is 5. The molecule has 1 aromatic carbocycles. The molecule has 1 saturated carbocycles. The maximum absolute atomic E-state index is 12.4. The summed E-state index contributed by atoms with van der Waals surface area (Å²) < 4.78 is 0. The van der Waals surface area contributed by atoms with E-state index in [1.54, 1.807) is 6.08 Å². The van der Waals surface area contributed by atoms with E-state index in [1.807, 2.05) is 49.3 Å². The molecule has 0 aliphatic heterocycles. The highest BCUT2D eigenvalue weighted by molar-refractivity contribution is 5.96. The number of anilines is 1. The average molecular weight is 296 g/mol. The van der Waals surface area contributed by atoms with Gasteiger partial charge < -0.3 is 4.90 Å². The number of ketones is 1. The molecule has 0 N–H and O–H groups in total. The number of carbonyl (C=O) groups is 1. The van der Waals surface area contributed by atoms with Crippen molar-refractivity contribution in [2.45, 2.75) is 26.7 Å². The molecule has 1 aliphatic carbocycles. The standard InChI is InChI=1S/C19H24N2O/c1-19(2)15(11-12-20)13-17(19)18(22)10-7-14-5-8-16(9-6-14)21(3)4/h5-10,15,17H,11,13H2,1-4H3/b10-7+/t15-,17+/m1/s1. The molecule has 22 heavy (non-hydrogen) atoms. The van der Waals surface area contributed by atoms with Gasteiger partial charge in [-0.1, -0.05) is 32.1 Å². The van der Waals surface area contributed by atoms with E-state index in [4.69, 9.17) is 5.26 Å². The van der Waals surface area contributed by atoms with Crippen molar-refractivity contribution in [3.8, 4) is 6.07 Å². The largest absolute Gasteiger partial charge is 0.378 e. The van der Waals surface area contributed by atoms with Crippen LogP contribution < -0.4 is 4.90 Å². The van der Waals surface area contributed by atoms with Crippen LogP contribution in [-0.2, 0) is 4.79 Å². The van der Waals surface area contributed by atoms with Gasteiger partial charge in [-0.3, -0.25) is 4.79 Å². The maximum Gasteiger partial charge on any atom is 0.159 e. The van der Waals surface area contributed by atoms with Crippen LogP contribution in [0.4, 0.5) is 5.69 Å². The normalized spacial score (nSPS) is 22.9. The van der Waals surface area contributed by atoms with Crippen molar-refractivity contribution in [2.24, 2.45) is 17.3 Å². The van der Waals surface area contributed by atoms with Gasteiger partial charge in [0.05, 0.1) is 6.07 Å². The SMILES string of the molecule is CN(C)c1ccc(/C=C/C(=O)[C@@H]2C[C@@H](CC#N)C2(C)C)cc1. The number of hydrogen-bond donors (Lipinski definition) is 0. The molecule has 0 unspecified atom stereocenters. The Balaban J connectivity index is 1.99. The van der Waals surface area contributed by atoms with Gasteiger partial charge in [-0.15, -0.1) is 0 Å². The first-order chi connectivity index (χ1) is 10.4. The van der Waals surface area contributed by atoms with Gasteiger partial charge in [0.25, 0.3) is 0 Å². The van der Waals surface area contributed by atoms with Crippen molar-refractivity contribution in [3.05, 3.63) is 35.9 Å². The monoisotopic (exact) mass is 296 g/mol. The number of nitriles is 1. The molecule has 1 aliphatic rings. The fourth-order valence-electron chi connectivity index (χ4n) is 3.13. The first-order valence-corrected chi connectivity index (χ1v) is 7.72. The van der Waals surface area contributed by atoms with Crippen LogP contribution >= 0.6 is 0 Å². The van der Waals surface area contributed by atoms with Crippen LogP contribution in [0.2, 0.25) is 0 Å². The first-order valence-electron chi connectivity index (χ1n) is 7.72. The van der Waals surface area contributed by atoms with Gasteiger partial charge in [0.1, 0.15) is 0 Å². The molecule has 3 nitrogen and oxygen atoms in total. The Bertz CT molecular complexity index is 605. The Kier molecular flexibility index (Phi) is 4.71. The van der Waals surface area contributed by atoms with Crippen molar-refractivity contribution in [2.75, 3.05) is 19.0 Å². The van der Waals surface area contributed by atoms with Gasteiger partial charge >= 0.3 is 0 Å². The third kappa shape index (κ3) is 3.22. The molecule has 3 heteroatoms. The highest BCUT2D eigenvalue weighted by Gasteiger charge is 2.50. The third-order valence-corrected chi connectivity index (χ3v) is 5.00.